The van der Waals surface area contributed by atoms with E-state index in [1.54, 1.807) is 18.2 Å². The predicted molar refractivity (Wildman–Crippen MR) is 122 cm³/mol. The summed E-state index contributed by atoms with van der Waals surface area (Å²) in [5, 5.41) is 27.5. The molecule has 1 aromatic heterocycles. The summed E-state index contributed by atoms with van der Waals surface area (Å²) >= 11 is 12.2. The number of pyridine rings is 1. The molecule has 0 spiro atoms. The molecule has 0 aliphatic rings. The fourth-order valence-electron chi connectivity index (χ4n) is 3.13. The molecule has 12 heteroatoms. The van der Waals surface area contributed by atoms with Gasteiger partial charge in [0.15, 0.2) is 18.9 Å². The lowest BCUT2D eigenvalue weighted by atomic mass is 10.1. The number of rotatable bonds is 7. The van der Waals surface area contributed by atoms with E-state index in [0.717, 1.165) is 17.2 Å². The number of nitro benzene ring substituents is 2. The molecule has 33 heavy (non-hydrogen) atoms. The second-order valence-electron chi connectivity index (χ2n) is 7.08. The first kappa shape index (κ1) is 26.2. The molecule has 0 saturated heterocycles. The number of non-ortho nitro benzene ring substituents is 1. The summed E-state index contributed by atoms with van der Waals surface area (Å²) in [5.41, 5.74) is 5.13. The Labute approximate surface area is 209 Å². The topological polar surface area (TPSA) is 115 Å². The summed E-state index contributed by atoms with van der Waals surface area (Å²) < 4.78 is 1.93. The molecule has 3 rings (SSSR count). The highest BCUT2D eigenvalue weighted by Crippen LogP contribution is 2.29. The summed E-state index contributed by atoms with van der Waals surface area (Å²) in [6.45, 7) is 4.27. The van der Waals surface area contributed by atoms with Crippen LogP contribution in [-0.4, -0.2) is 15.6 Å². The Hall–Kier alpha value is -3.08. The van der Waals surface area contributed by atoms with E-state index in [4.69, 9.17) is 23.2 Å². The number of aryl methyl sites for hydroxylation is 2. The third-order valence-corrected chi connectivity index (χ3v) is 5.22. The zero-order chi connectivity index (χ0) is 23.4. The van der Waals surface area contributed by atoms with Crippen LogP contribution in [0.3, 0.4) is 0 Å². The molecule has 1 N–H and O–H groups in total. The van der Waals surface area contributed by atoms with Crippen molar-refractivity contribution < 1.29 is 31.4 Å². The van der Waals surface area contributed by atoms with Crippen LogP contribution in [0.5, 0.6) is 0 Å². The van der Waals surface area contributed by atoms with Gasteiger partial charge < -0.3 is 17.0 Å². The van der Waals surface area contributed by atoms with Crippen LogP contribution in [0, 0.1) is 34.1 Å². The largest absolute Gasteiger partial charge is 1.00 e. The van der Waals surface area contributed by atoms with Gasteiger partial charge in [0.25, 0.3) is 5.69 Å². The van der Waals surface area contributed by atoms with Gasteiger partial charge in [-0.05, 0) is 38.1 Å². The molecule has 0 amide bonds. The van der Waals surface area contributed by atoms with E-state index in [1.807, 2.05) is 36.9 Å². The average Bonchev–Trinajstić information content (AvgIpc) is 2.72. The van der Waals surface area contributed by atoms with Crippen molar-refractivity contribution in [3.8, 4) is 0 Å². The minimum atomic E-state index is -0.706. The number of halogens is 3. The van der Waals surface area contributed by atoms with E-state index in [0.29, 0.717) is 27.9 Å². The first-order valence-corrected chi connectivity index (χ1v) is 10.1. The second-order valence-corrected chi connectivity index (χ2v) is 7.89. The molecule has 172 valence electrons. The number of nitro groups is 2. The number of nitrogens with zero attached hydrogens (tertiary/aromatic N) is 4. The maximum Gasteiger partial charge on any atom is 0.301 e. The van der Waals surface area contributed by atoms with Crippen LogP contribution in [-0.2, 0) is 6.54 Å². The van der Waals surface area contributed by atoms with Crippen molar-refractivity contribution in [3.05, 3.63) is 102 Å². The zero-order valence-corrected chi connectivity index (χ0v) is 20.6. The van der Waals surface area contributed by atoms with Crippen LogP contribution < -0.4 is 27.0 Å². The molecule has 0 aliphatic heterocycles. The van der Waals surface area contributed by atoms with Crippen molar-refractivity contribution in [2.24, 2.45) is 5.10 Å². The van der Waals surface area contributed by atoms with Gasteiger partial charge in [-0.15, -0.1) is 0 Å². The van der Waals surface area contributed by atoms with Gasteiger partial charge in [-0.1, -0.05) is 29.3 Å². The van der Waals surface area contributed by atoms with Crippen LogP contribution in [0.1, 0.15) is 16.7 Å². The van der Waals surface area contributed by atoms with Crippen LogP contribution in [0.25, 0.3) is 0 Å². The van der Waals surface area contributed by atoms with Crippen LogP contribution in [0.4, 0.5) is 17.1 Å². The van der Waals surface area contributed by atoms with Crippen LogP contribution in [0.2, 0.25) is 10.0 Å². The standard InChI is InChI=1S/C21H18Cl2N5O4.BrH/c1-13-7-14(2)11-26(10-13)12-20(15-3-5-17(22)18(23)8-15)25-24-19-6-4-16(27(29)30)9-21(19)28(31)32;/h3-11,24H,12H2,1-2H3;1H/q+1;/p-1/b25-20-;. The van der Waals surface area contributed by atoms with Crippen molar-refractivity contribution in [1.29, 1.82) is 0 Å². The molecule has 9 nitrogen and oxygen atoms in total. The highest BCUT2D eigenvalue weighted by molar-refractivity contribution is 6.42. The lowest BCUT2D eigenvalue weighted by Gasteiger charge is -2.08. The number of benzene rings is 2. The summed E-state index contributed by atoms with van der Waals surface area (Å²) in [5.74, 6) is 0. The Kier molecular flexibility index (Phi) is 8.86. The number of hydrogen-bond acceptors (Lipinski definition) is 6. The summed E-state index contributed by atoms with van der Waals surface area (Å²) in [6, 6.07) is 10.4. The second kappa shape index (κ2) is 11.2. The summed E-state index contributed by atoms with van der Waals surface area (Å²) in [7, 11) is 0. The van der Waals surface area contributed by atoms with Gasteiger partial charge in [0, 0.05) is 22.8 Å². The molecule has 0 fully saturated rings. The summed E-state index contributed by atoms with van der Waals surface area (Å²) in [6.07, 6.45) is 3.88. The van der Waals surface area contributed by atoms with E-state index in [9.17, 15) is 20.2 Å². The molecule has 0 bridgehead atoms. The molecule has 0 radical (unpaired) electrons. The Bertz CT molecular complexity index is 1230. The Balaban J connectivity index is 0.00000385. The molecular formula is C21H18BrCl2N5O4. The average molecular weight is 555 g/mol. The quantitative estimate of drug-likeness (QED) is 0.208. The molecule has 0 unspecified atom stereocenters. The SMILES string of the molecule is Cc1cc(C)c[n+](C/C(=N/Nc2ccc([N+](=O)[O-])cc2[N+](=O)[O-])c2ccc(Cl)c(Cl)c2)c1.[Br-]. The van der Waals surface area contributed by atoms with Crippen molar-refractivity contribution >= 4 is 46.0 Å². The third-order valence-electron chi connectivity index (χ3n) is 4.48. The fraction of sp³-hybridized carbons (Fsp3) is 0.143. The molecule has 0 saturated carbocycles. The maximum absolute atomic E-state index is 11.4. The van der Waals surface area contributed by atoms with Crippen molar-refractivity contribution in [2.75, 3.05) is 5.43 Å². The Morgan fingerprint density at radius 3 is 2.21 bits per heavy atom. The van der Waals surface area contributed by atoms with E-state index in [-0.39, 0.29) is 28.4 Å². The van der Waals surface area contributed by atoms with Gasteiger partial charge in [-0.2, -0.15) is 9.67 Å². The van der Waals surface area contributed by atoms with Gasteiger partial charge in [-0.3, -0.25) is 25.7 Å². The first-order chi connectivity index (χ1) is 15.1. The minimum absolute atomic E-state index is 0. The Morgan fingerprint density at radius 1 is 0.970 bits per heavy atom. The fourth-order valence-corrected chi connectivity index (χ4v) is 3.43. The van der Waals surface area contributed by atoms with Gasteiger partial charge in [0.2, 0.25) is 0 Å². The lowest BCUT2D eigenvalue weighted by molar-refractivity contribution is -0.682. The molecule has 2 aromatic carbocycles. The number of hydrogen-bond donors (Lipinski definition) is 1. The molecule has 0 atom stereocenters. The highest BCUT2D eigenvalue weighted by atomic mass is 79.9. The predicted octanol–water partition coefficient (Wildman–Crippen LogP) is 2.23. The van der Waals surface area contributed by atoms with E-state index in [1.165, 1.54) is 12.1 Å². The van der Waals surface area contributed by atoms with E-state index < -0.39 is 15.5 Å². The van der Waals surface area contributed by atoms with Gasteiger partial charge in [0.1, 0.15) is 11.4 Å². The van der Waals surface area contributed by atoms with Crippen LogP contribution >= 0.6 is 23.2 Å². The van der Waals surface area contributed by atoms with Crippen molar-refractivity contribution in [3.63, 3.8) is 0 Å². The summed E-state index contributed by atoms with van der Waals surface area (Å²) in [4.78, 5) is 21.0. The zero-order valence-electron chi connectivity index (χ0n) is 17.5. The first-order valence-electron chi connectivity index (χ1n) is 9.32. The van der Waals surface area contributed by atoms with Gasteiger partial charge in [0.05, 0.1) is 26.0 Å². The van der Waals surface area contributed by atoms with Crippen molar-refractivity contribution in [2.45, 2.75) is 20.4 Å². The van der Waals surface area contributed by atoms with Gasteiger partial charge in [-0.25, -0.2) is 0 Å². The van der Waals surface area contributed by atoms with E-state index >= 15 is 0 Å². The third kappa shape index (κ3) is 6.70. The normalized spacial score (nSPS) is 11.0. The molecule has 1 heterocycles. The number of aromatic nitrogens is 1. The maximum atomic E-state index is 11.4. The van der Waals surface area contributed by atoms with Gasteiger partial charge >= 0.3 is 5.69 Å². The van der Waals surface area contributed by atoms with Crippen molar-refractivity contribution in [1.82, 2.24) is 0 Å². The smallest absolute Gasteiger partial charge is 0.301 e. The lowest BCUT2D eigenvalue weighted by Crippen LogP contribution is -3.00. The highest BCUT2D eigenvalue weighted by Gasteiger charge is 2.20. The number of hydrazone groups is 1. The number of anilines is 1. The monoisotopic (exact) mass is 553 g/mol. The van der Waals surface area contributed by atoms with Crippen LogP contribution in [0.15, 0.2) is 60.0 Å². The minimum Gasteiger partial charge on any atom is -1.00 e. The molecule has 3 aromatic rings. The Morgan fingerprint density at radius 2 is 1.64 bits per heavy atom. The number of nitrogens with one attached hydrogen (secondary N) is 1. The molecular weight excluding hydrogens is 537 g/mol. The molecule has 0 aliphatic carbocycles. The van der Waals surface area contributed by atoms with E-state index in [2.05, 4.69) is 10.5 Å².